The largest absolute Gasteiger partial charge is 0.396 e. The number of pyridine rings is 1. The molecule has 16 heavy (non-hydrogen) atoms. The number of imidazole rings is 1. The summed E-state index contributed by atoms with van der Waals surface area (Å²) < 4.78 is 1.92. The summed E-state index contributed by atoms with van der Waals surface area (Å²) >= 11 is 5.78. The van der Waals surface area contributed by atoms with E-state index in [-0.39, 0.29) is 0 Å². The van der Waals surface area contributed by atoms with Crippen LogP contribution in [0.15, 0.2) is 24.5 Å². The number of hydrogen-bond donors (Lipinski definition) is 2. The van der Waals surface area contributed by atoms with Crippen LogP contribution in [-0.4, -0.2) is 14.5 Å². The van der Waals surface area contributed by atoms with E-state index in [2.05, 4.69) is 15.3 Å². The summed E-state index contributed by atoms with van der Waals surface area (Å²) in [4.78, 5) is 8.28. The van der Waals surface area contributed by atoms with Crippen molar-refractivity contribution in [1.29, 1.82) is 0 Å². The molecule has 0 fully saturated rings. The second-order valence-electron chi connectivity index (χ2n) is 3.38. The van der Waals surface area contributed by atoms with E-state index in [4.69, 9.17) is 17.3 Å². The van der Waals surface area contributed by atoms with Crippen LogP contribution >= 0.6 is 11.6 Å². The Kier molecular flexibility index (Phi) is 2.96. The van der Waals surface area contributed by atoms with Gasteiger partial charge >= 0.3 is 0 Å². The van der Waals surface area contributed by atoms with Gasteiger partial charge in [-0.25, -0.2) is 9.97 Å². The Morgan fingerprint density at radius 1 is 1.50 bits per heavy atom. The predicted octanol–water partition coefficient (Wildman–Crippen LogP) is 1.66. The van der Waals surface area contributed by atoms with Gasteiger partial charge in [-0.1, -0.05) is 11.6 Å². The molecule has 5 nitrogen and oxygen atoms in total. The van der Waals surface area contributed by atoms with Crippen LogP contribution in [0.5, 0.6) is 0 Å². The van der Waals surface area contributed by atoms with Crippen molar-refractivity contribution < 1.29 is 0 Å². The van der Waals surface area contributed by atoms with E-state index in [0.717, 1.165) is 5.82 Å². The average Bonchev–Trinajstić information content (AvgIpc) is 2.66. The van der Waals surface area contributed by atoms with Gasteiger partial charge in [0.05, 0.1) is 12.2 Å². The van der Waals surface area contributed by atoms with Crippen LogP contribution in [0.25, 0.3) is 0 Å². The summed E-state index contributed by atoms with van der Waals surface area (Å²) in [6, 6.07) is 3.37. The molecule has 0 bridgehead atoms. The van der Waals surface area contributed by atoms with Gasteiger partial charge in [0.15, 0.2) is 5.82 Å². The minimum Gasteiger partial charge on any atom is -0.396 e. The Bertz CT molecular complexity index is 494. The Morgan fingerprint density at radius 3 is 3.00 bits per heavy atom. The Morgan fingerprint density at radius 2 is 2.31 bits per heavy atom. The molecule has 0 atom stereocenters. The van der Waals surface area contributed by atoms with Gasteiger partial charge < -0.3 is 15.6 Å². The minimum absolute atomic E-state index is 0.413. The second-order valence-corrected chi connectivity index (χ2v) is 3.77. The molecular formula is C10H12ClN5. The fourth-order valence-electron chi connectivity index (χ4n) is 1.32. The van der Waals surface area contributed by atoms with Crippen LogP contribution in [0.2, 0.25) is 5.15 Å². The summed E-state index contributed by atoms with van der Waals surface area (Å²) in [5, 5.41) is 3.51. The van der Waals surface area contributed by atoms with E-state index in [1.54, 1.807) is 18.3 Å². The molecule has 0 saturated carbocycles. The molecule has 0 radical (unpaired) electrons. The number of aryl methyl sites for hydroxylation is 1. The number of anilines is 2. The van der Waals surface area contributed by atoms with Gasteiger partial charge in [-0.2, -0.15) is 0 Å². The molecule has 2 aromatic rings. The molecule has 0 aliphatic heterocycles. The number of nitrogens with two attached hydrogens (primary N) is 1. The number of halogens is 1. The van der Waals surface area contributed by atoms with Crippen LogP contribution in [-0.2, 0) is 13.6 Å². The molecule has 84 valence electrons. The molecule has 2 rings (SSSR count). The highest BCUT2D eigenvalue weighted by Crippen LogP contribution is 2.18. The zero-order valence-corrected chi connectivity index (χ0v) is 9.57. The van der Waals surface area contributed by atoms with Crippen molar-refractivity contribution in [3.8, 4) is 0 Å². The van der Waals surface area contributed by atoms with Crippen molar-refractivity contribution in [2.24, 2.45) is 7.05 Å². The van der Waals surface area contributed by atoms with E-state index in [1.807, 2.05) is 17.8 Å². The molecule has 0 spiro atoms. The number of rotatable bonds is 3. The molecular weight excluding hydrogens is 226 g/mol. The van der Waals surface area contributed by atoms with Gasteiger partial charge in [0.1, 0.15) is 11.0 Å². The molecule has 0 aromatic carbocycles. The number of nitrogens with one attached hydrogen (secondary N) is 1. The highest BCUT2D eigenvalue weighted by molar-refractivity contribution is 6.29. The molecule has 0 aliphatic carbocycles. The fourth-order valence-corrected chi connectivity index (χ4v) is 1.46. The quantitative estimate of drug-likeness (QED) is 0.797. The third-order valence-corrected chi connectivity index (χ3v) is 2.44. The van der Waals surface area contributed by atoms with Gasteiger partial charge in [-0.05, 0) is 12.1 Å². The molecule has 2 aromatic heterocycles. The van der Waals surface area contributed by atoms with Crippen LogP contribution in [0, 0.1) is 0 Å². The normalized spacial score (nSPS) is 10.4. The number of nitrogen functional groups attached to an aromatic ring is 1. The number of nitrogens with zero attached hydrogens (tertiary/aromatic N) is 3. The molecule has 2 heterocycles. The molecule has 0 unspecified atom stereocenters. The Balaban J connectivity index is 2.10. The molecule has 0 amide bonds. The Labute approximate surface area is 98.3 Å². The summed E-state index contributed by atoms with van der Waals surface area (Å²) in [5.41, 5.74) is 6.32. The van der Waals surface area contributed by atoms with E-state index in [1.165, 1.54) is 0 Å². The molecule has 6 heteroatoms. The number of hydrogen-bond acceptors (Lipinski definition) is 4. The van der Waals surface area contributed by atoms with Crippen molar-refractivity contribution in [2.45, 2.75) is 6.54 Å². The van der Waals surface area contributed by atoms with E-state index in [0.29, 0.717) is 23.2 Å². The van der Waals surface area contributed by atoms with Crippen LogP contribution in [0.1, 0.15) is 5.82 Å². The summed E-state index contributed by atoms with van der Waals surface area (Å²) in [7, 11) is 1.93. The van der Waals surface area contributed by atoms with E-state index in [9.17, 15) is 0 Å². The third-order valence-electron chi connectivity index (χ3n) is 2.23. The number of aromatic nitrogens is 3. The molecule has 3 N–H and O–H groups in total. The minimum atomic E-state index is 0.413. The van der Waals surface area contributed by atoms with Gasteiger partial charge in [-0.15, -0.1) is 0 Å². The summed E-state index contributed by atoms with van der Waals surface area (Å²) in [5.74, 6) is 1.48. The lowest BCUT2D eigenvalue weighted by Gasteiger charge is -2.08. The molecule has 0 aliphatic rings. The van der Waals surface area contributed by atoms with Crippen molar-refractivity contribution >= 4 is 23.1 Å². The van der Waals surface area contributed by atoms with Crippen molar-refractivity contribution in [1.82, 2.24) is 14.5 Å². The Hall–Kier alpha value is -1.75. The first-order chi connectivity index (χ1) is 7.66. The van der Waals surface area contributed by atoms with Crippen LogP contribution in [0.3, 0.4) is 0 Å². The summed E-state index contributed by atoms with van der Waals surface area (Å²) in [6.45, 7) is 0.557. The lowest BCUT2D eigenvalue weighted by Crippen LogP contribution is -2.08. The third kappa shape index (κ3) is 2.25. The van der Waals surface area contributed by atoms with Crippen molar-refractivity contribution in [3.63, 3.8) is 0 Å². The van der Waals surface area contributed by atoms with Gasteiger partial charge in [0.2, 0.25) is 0 Å². The lowest BCUT2D eigenvalue weighted by molar-refractivity contribution is 0.811. The monoisotopic (exact) mass is 237 g/mol. The predicted molar refractivity (Wildman–Crippen MR) is 64.2 cm³/mol. The fraction of sp³-hybridized carbons (Fsp3) is 0.200. The first-order valence-corrected chi connectivity index (χ1v) is 5.16. The van der Waals surface area contributed by atoms with Gasteiger partial charge in [-0.3, -0.25) is 0 Å². The average molecular weight is 238 g/mol. The second kappa shape index (κ2) is 4.40. The summed E-state index contributed by atoms with van der Waals surface area (Å²) in [6.07, 6.45) is 3.62. The van der Waals surface area contributed by atoms with E-state index >= 15 is 0 Å². The van der Waals surface area contributed by atoms with Gasteiger partial charge in [0.25, 0.3) is 0 Å². The topological polar surface area (TPSA) is 68.8 Å². The van der Waals surface area contributed by atoms with Crippen LogP contribution in [0.4, 0.5) is 11.5 Å². The van der Waals surface area contributed by atoms with E-state index < -0.39 is 0 Å². The zero-order chi connectivity index (χ0) is 11.5. The highest BCUT2D eigenvalue weighted by atomic mass is 35.5. The first-order valence-electron chi connectivity index (χ1n) is 4.79. The van der Waals surface area contributed by atoms with Crippen LogP contribution < -0.4 is 11.1 Å². The maximum Gasteiger partial charge on any atom is 0.151 e. The first kappa shape index (κ1) is 10.8. The smallest absolute Gasteiger partial charge is 0.151 e. The maximum absolute atomic E-state index is 5.78. The SMILES string of the molecule is Cn1ccnc1CNc1nc(Cl)ccc1N. The lowest BCUT2D eigenvalue weighted by atomic mass is 10.4. The highest BCUT2D eigenvalue weighted by Gasteiger charge is 2.03. The maximum atomic E-state index is 5.78. The molecule has 0 saturated heterocycles. The van der Waals surface area contributed by atoms with Gasteiger partial charge in [0, 0.05) is 19.4 Å². The standard InChI is InChI=1S/C10H12ClN5/c1-16-5-4-13-9(16)6-14-10-7(12)2-3-8(11)15-10/h2-5H,6,12H2,1H3,(H,14,15). The zero-order valence-electron chi connectivity index (χ0n) is 8.81. The van der Waals surface area contributed by atoms with Crippen molar-refractivity contribution in [3.05, 3.63) is 35.5 Å². The van der Waals surface area contributed by atoms with Crippen molar-refractivity contribution in [2.75, 3.05) is 11.1 Å².